The van der Waals surface area contributed by atoms with Crippen LogP contribution in [0.5, 0.6) is 5.75 Å². The van der Waals surface area contributed by atoms with E-state index in [4.69, 9.17) is 0 Å². The lowest BCUT2D eigenvalue weighted by Crippen LogP contribution is -2.48. The molecule has 1 aliphatic rings. The fraction of sp³-hybridized carbons (Fsp3) is 0.625. The molecule has 0 spiro atoms. The Balaban J connectivity index is 2.12. The van der Waals surface area contributed by atoms with Crippen molar-refractivity contribution in [2.45, 2.75) is 57.0 Å². The Kier molecular flexibility index (Phi) is 4.83. The Morgan fingerprint density at radius 1 is 1.21 bits per heavy atom. The van der Waals surface area contributed by atoms with E-state index in [1.54, 1.807) is 12.1 Å². The van der Waals surface area contributed by atoms with Crippen molar-refractivity contribution in [2.75, 3.05) is 6.61 Å². The third kappa shape index (κ3) is 3.71. The zero-order chi connectivity index (χ0) is 13.7. The van der Waals surface area contributed by atoms with Gasteiger partial charge in [0.1, 0.15) is 5.75 Å². The topological polar surface area (TPSA) is 52.5 Å². The van der Waals surface area contributed by atoms with Crippen molar-refractivity contribution in [3.05, 3.63) is 29.8 Å². The number of aromatic hydroxyl groups is 1. The molecule has 2 rings (SSSR count). The number of phenols is 1. The summed E-state index contributed by atoms with van der Waals surface area (Å²) in [4.78, 5) is 0. The Morgan fingerprint density at radius 3 is 2.47 bits per heavy atom. The smallest absolute Gasteiger partial charge is 0.115 e. The SMILES string of the molecule is CC(CO)(NC1CCCCCC1)c1cccc(O)c1. The van der Waals surface area contributed by atoms with Crippen molar-refractivity contribution in [1.29, 1.82) is 0 Å². The molecule has 1 fully saturated rings. The Morgan fingerprint density at radius 2 is 1.89 bits per heavy atom. The van der Waals surface area contributed by atoms with Crippen LogP contribution in [0.1, 0.15) is 51.0 Å². The first-order chi connectivity index (χ1) is 9.14. The molecule has 1 aliphatic carbocycles. The number of rotatable bonds is 4. The van der Waals surface area contributed by atoms with Gasteiger partial charge in [-0.1, -0.05) is 37.8 Å². The van der Waals surface area contributed by atoms with Crippen molar-refractivity contribution < 1.29 is 10.2 Å². The number of aliphatic hydroxyl groups excluding tert-OH is 1. The van der Waals surface area contributed by atoms with E-state index >= 15 is 0 Å². The monoisotopic (exact) mass is 263 g/mol. The summed E-state index contributed by atoms with van der Waals surface area (Å²) in [5.41, 5.74) is 0.465. The molecule has 106 valence electrons. The predicted octanol–water partition coefficient (Wildman–Crippen LogP) is 2.91. The van der Waals surface area contributed by atoms with Crippen molar-refractivity contribution in [3.8, 4) is 5.75 Å². The molecule has 1 aromatic carbocycles. The second kappa shape index (κ2) is 6.40. The fourth-order valence-corrected chi connectivity index (χ4v) is 2.94. The largest absolute Gasteiger partial charge is 0.508 e. The van der Waals surface area contributed by atoms with Gasteiger partial charge in [-0.15, -0.1) is 0 Å². The minimum Gasteiger partial charge on any atom is -0.508 e. The van der Waals surface area contributed by atoms with Gasteiger partial charge in [-0.25, -0.2) is 0 Å². The van der Waals surface area contributed by atoms with Gasteiger partial charge in [-0.05, 0) is 37.5 Å². The molecule has 19 heavy (non-hydrogen) atoms. The molecule has 0 radical (unpaired) electrons. The first-order valence-corrected chi connectivity index (χ1v) is 7.32. The van der Waals surface area contributed by atoms with Gasteiger partial charge in [0.15, 0.2) is 0 Å². The molecular weight excluding hydrogens is 238 g/mol. The highest BCUT2D eigenvalue weighted by molar-refractivity contribution is 5.32. The van der Waals surface area contributed by atoms with Gasteiger partial charge in [0, 0.05) is 6.04 Å². The van der Waals surface area contributed by atoms with Gasteiger partial charge < -0.3 is 15.5 Å². The molecule has 1 aromatic rings. The number of benzene rings is 1. The van der Waals surface area contributed by atoms with E-state index in [0.717, 1.165) is 5.56 Å². The van der Waals surface area contributed by atoms with Crippen LogP contribution in [0.3, 0.4) is 0 Å². The molecule has 1 atom stereocenters. The van der Waals surface area contributed by atoms with Crippen LogP contribution in [0.4, 0.5) is 0 Å². The molecule has 0 saturated heterocycles. The van der Waals surface area contributed by atoms with Gasteiger partial charge in [0.05, 0.1) is 12.1 Å². The summed E-state index contributed by atoms with van der Waals surface area (Å²) in [6.45, 7) is 2.04. The maximum atomic E-state index is 9.79. The molecule has 0 heterocycles. The number of hydrogen-bond acceptors (Lipinski definition) is 3. The van der Waals surface area contributed by atoms with Crippen LogP contribution < -0.4 is 5.32 Å². The van der Waals surface area contributed by atoms with Crippen LogP contribution in [-0.4, -0.2) is 22.9 Å². The number of aliphatic hydroxyl groups is 1. The van der Waals surface area contributed by atoms with Crippen LogP contribution in [0, 0.1) is 0 Å². The lowest BCUT2D eigenvalue weighted by Gasteiger charge is -2.34. The summed E-state index contributed by atoms with van der Waals surface area (Å²) in [6.07, 6.45) is 7.52. The number of nitrogens with one attached hydrogen (secondary N) is 1. The third-order valence-corrected chi connectivity index (χ3v) is 4.18. The molecule has 3 heteroatoms. The summed E-state index contributed by atoms with van der Waals surface area (Å²) < 4.78 is 0. The summed E-state index contributed by atoms with van der Waals surface area (Å²) in [5, 5.41) is 23.0. The van der Waals surface area contributed by atoms with E-state index in [2.05, 4.69) is 5.32 Å². The van der Waals surface area contributed by atoms with Gasteiger partial charge in [-0.2, -0.15) is 0 Å². The highest BCUT2D eigenvalue weighted by atomic mass is 16.3. The second-order valence-corrected chi connectivity index (χ2v) is 5.87. The van der Waals surface area contributed by atoms with Crippen LogP contribution in [-0.2, 0) is 5.54 Å². The zero-order valence-electron chi connectivity index (χ0n) is 11.7. The molecule has 1 unspecified atom stereocenters. The van der Waals surface area contributed by atoms with Gasteiger partial charge in [0.2, 0.25) is 0 Å². The zero-order valence-corrected chi connectivity index (χ0v) is 11.7. The van der Waals surface area contributed by atoms with E-state index in [9.17, 15) is 10.2 Å². The maximum absolute atomic E-state index is 9.79. The average Bonchev–Trinajstić information content (AvgIpc) is 2.67. The molecule has 0 amide bonds. The Bertz CT molecular complexity index is 399. The summed E-state index contributed by atoms with van der Waals surface area (Å²) in [6, 6.07) is 7.64. The van der Waals surface area contributed by atoms with Crippen LogP contribution >= 0.6 is 0 Å². The first-order valence-electron chi connectivity index (χ1n) is 7.32. The molecule has 3 N–H and O–H groups in total. The molecule has 0 aliphatic heterocycles. The van der Waals surface area contributed by atoms with Crippen molar-refractivity contribution in [3.63, 3.8) is 0 Å². The van der Waals surface area contributed by atoms with Crippen molar-refractivity contribution in [2.24, 2.45) is 0 Å². The highest BCUT2D eigenvalue weighted by Crippen LogP contribution is 2.27. The van der Waals surface area contributed by atoms with E-state index in [0.29, 0.717) is 6.04 Å². The Hall–Kier alpha value is -1.06. The molecule has 0 aromatic heterocycles. The maximum Gasteiger partial charge on any atom is 0.115 e. The fourth-order valence-electron chi connectivity index (χ4n) is 2.94. The first kappa shape index (κ1) is 14.4. The number of hydrogen-bond donors (Lipinski definition) is 3. The summed E-state index contributed by atoms with van der Waals surface area (Å²) >= 11 is 0. The lowest BCUT2D eigenvalue weighted by molar-refractivity contribution is 0.156. The van der Waals surface area contributed by atoms with Gasteiger partial charge in [0.25, 0.3) is 0 Å². The molecular formula is C16H25NO2. The van der Waals surface area contributed by atoms with Crippen molar-refractivity contribution in [1.82, 2.24) is 5.32 Å². The van der Waals surface area contributed by atoms with E-state index in [1.807, 2.05) is 19.1 Å². The van der Waals surface area contributed by atoms with E-state index in [1.165, 1.54) is 38.5 Å². The molecule has 1 saturated carbocycles. The second-order valence-electron chi connectivity index (χ2n) is 5.87. The minimum atomic E-state index is -0.478. The van der Waals surface area contributed by atoms with Crippen LogP contribution in [0.15, 0.2) is 24.3 Å². The quantitative estimate of drug-likeness (QED) is 0.732. The molecule has 3 nitrogen and oxygen atoms in total. The van der Waals surface area contributed by atoms with Crippen LogP contribution in [0.25, 0.3) is 0 Å². The number of phenolic OH excluding ortho intramolecular Hbond substituents is 1. The normalized spacial score (nSPS) is 20.7. The highest BCUT2D eigenvalue weighted by Gasteiger charge is 2.29. The van der Waals surface area contributed by atoms with Crippen LogP contribution in [0.2, 0.25) is 0 Å². The predicted molar refractivity (Wildman–Crippen MR) is 77.2 cm³/mol. The van der Waals surface area contributed by atoms with E-state index in [-0.39, 0.29) is 12.4 Å². The Labute approximate surface area is 115 Å². The standard InChI is InChI=1S/C16H25NO2/c1-16(12-18,13-7-6-10-15(19)11-13)17-14-8-4-2-3-5-9-14/h6-7,10-11,14,17-19H,2-5,8-9,12H2,1H3. The van der Waals surface area contributed by atoms with Crippen molar-refractivity contribution >= 4 is 0 Å². The summed E-state index contributed by atoms with van der Waals surface area (Å²) in [5.74, 6) is 0.250. The van der Waals surface area contributed by atoms with Gasteiger partial charge >= 0.3 is 0 Å². The molecule has 0 bridgehead atoms. The third-order valence-electron chi connectivity index (χ3n) is 4.18. The summed E-state index contributed by atoms with van der Waals surface area (Å²) in [7, 11) is 0. The minimum absolute atomic E-state index is 0.0347. The average molecular weight is 263 g/mol. The van der Waals surface area contributed by atoms with Gasteiger partial charge in [-0.3, -0.25) is 0 Å². The lowest BCUT2D eigenvalue weighted by atomic mass is 9.90. The van der Waals surface area contributed by atoms with E-state index < -0.39 is 5.54 Å².